The molecule has 0 fully saturated rings. The number of benzene rings is 4. The first-order valence-electron chi connectivity index (χ1n) is 20.8. The fourth-order valence-corrected chi connectivity index (χ4v) is 6.80. The fourth-order valence-electron chi connectivity index (χ4n) is 6.56. The maximum Gasteiger partial charge on any atom is 0.416 e. The van der Waals surface area contributed by atoms with Crippen LogP contribution in [-0.2, 0) is 47.9 Å². The number of unbranched alkanes of at least 4 members (excludes halogenated alkanes) is 2. The standard InChI is InChI=1S/C35H35ClF3NO3.C14H19NO2/c1-2-3-22-42-34(41)28-10-8-25(9-11-28)18-20-40-21-19-27-6-4-5-7-33(27)43-24-30-13-12-29(23-32(30)36)26-14-16-31(17-15-26)35(37,38)39;1-2-3-10-17-14(16)13-9-8-11-6-4-5-7-12(11)15-13/h4-17,23,40H,2-3,18-22,24H2,1H3;8-9H,2-7,10H2,1H3. The number of nitrogens with one attached hydrogen (secondary N) is 1. The van der Waals surface area contributed by atoms with Crippen molar-refractivity contribution in [3.05, 3.63) is 153 Å². The predicted octanol–water partition coefficient (Wildman–Crippen LogP) is 11.9. The van der Waals surface area contributed by atoms with Crippen LogP contribution in [0.4, 0.5) is 13.2 Å². The van der Waals surface area contributed by atoms with E-state index in [-0.39, 0.29) is 18.5 Å². The molecule has 1 N–H and O–H groups in total. The molecule has 0 unspecified atom stereocenters. The van der Waals surface area contributed by atoms with Crippen LogP contribution in [0, 0.1) is 0 Å². The van der Waals surface area contributed by atoms with Crippen LogP contribution in [0.25, 0.3) is 11.1 Å². The number of hydrogen-bond acceptors (Lipinski definition) is 7. The van der Waals surface area contributed by atoms with Gasteiger partial charge in [0.15, 0.2) is 0 Å². The number of fused-ring (bicyclic) bond motifs is 1. The van der Waals surface area contributed by atoms with Gasteiger partial charge in [-0.05, 0) is 135 Å². The zero-order valence-corrected chi connectivity index (χ0v) is 35.2. The molecule has 318 valence electrons. The molecule has 0 aliphatic heterocycles. The van der Waals surface area contributed by atoms with Crippen molar-refractivity contribution in [2.75, 3.05) is 26.3 Å². The molecule has 1 aromatic heterocycles. The quantitative estimate of drug-likeness (QED) is 0.0694. The van der Waals surface area contributed by atoms with Gasteiger partial charge in [0.2, 0.25) is 0 Å². The van der Waals surface area contributed by atoms with Gasteiger partial charge in [-0.1, -0.05) is 99.0 Å². The van der Waals surface area contributed by atoms with Crippen molar-refractivity contribution in [2.45, 2.75) is 90.8 Å². The van der Waals surface area contributed by atoms with E-state index in [1.807, 2.05) is 66.7 Å². The summed E-state index contributed by atoms with van der Waals surface area (Å²) in [5, 5.41) is 3.95. The Hall–Kier alpha value is -5.19. The molecule has 7 nitrogen and oxygen atoms in total. The van der Waals surface area contributed by atoms with Crippen LogP contribution in [0.1, 0.15) is 107 Å². The second-order valence-electron chi connectivity index (χ2n) is 14.7. The molecule has 0 radical (unpaired) electrons. The molecule has 4 aromatic carbocycles. The first-order chi connectivity index (χ1) is 29.0. The summed E-state index contributed by atoms with van der Waals surface area (Å²) >= 11 is 6.51. The third kappa shape index (κ3) is 14.2. The summed E-state index contributed by atoms with van der Waals surface area (Å²) < 4.78 is 55.2. The van der Waals surface area contributed by atoms with Gasteiger partial charge in [0.05, 0.1) is 24.3 Å². The summed E-state index contributed by atoms with van der Waals surface area (Å²) in [6.07, 6.45) is 5.53. The van der Waals surface area contributed by atoms with Gasteiger partial charge in [-0.3, -0.25) is 0 Å². The molecule has 1 aliphatic carbocycles. The summed E-state index contributed by atoms with van der Waals surface area (Å²) in [5.41, 5.74) is 7.10. The van der Waals surface area contributed by atoms with Crippen molar-refractivity contribution in [3.63, 3.8) is 0 Å². The van der Waals surface area contributed by atoms with E-state index in [2.05, 4.69) is 24.1 Å². The Kier molecular flexibility index (Phi) is 18.0. The number of aryl methyl sites for hydroxylation is 2. The molecule has 0 bridgehead atoms. The summed E-state index contributed by atoms with van der Waals surface area (Å²) in [6, 6.07) is 29.6. The van der Waals surface area contributed by atoms with E-state index < -0.39 is 11.7 Å². The molecular formula is C49H54ClF3N2O5. The number of nitrogens with zero attached hydrogens (tertiary/aromatic N) is 1. The first-order valence-corrected chi connectivity index (χ1v) is 21.2. The lowest BCUT2D eigenvalue weighted by atomic mass is 9.96. The highest BCUT2D eigenvalue weighted by Gasteiger charge is 2.30. The van der Waals surface area contributed by atoms with Gasteiger partial charge in [0, 0.05) is 16.3 Å². The van der Waals surface area contributed by atoms with Crippen molar-refractivity contribution >= 4 is 23.5 Å². The van der Waals surface area contributed by atoms with Crippen LogP contribution >= 0.6 is 11.6 Å². The molecule has 0 saturated carbocycles. The first kappa shape index (κ1) is 45.9. The third-order valence-electron chi connectivity index (χ3n) is 10.2. The Morgan fingerprint density at radius 3 is 2.10 bits per heavy atom. The number of hydrogen-bond donors (Lipinski definition) is 1. The molecule has 1 heterocycles. The number of para-hydroxylation sites is 1. The Labute approximate surface area is 356 Å². The van der Waals surface area contributed by atoms with E-state index in [0.29, 0.717) is 35.1 Å². The zero-order valence-electron chi connectivity index (χ0n) is 34.4. The van der Waals surface area contributed by atoms with Gasteiger partial charge < -0.3 is 19.5 Å². The van der Waals surface area contributed by atoms with E-state index >= 15 is 0 Å². The smallest absolute Gasteiger partial charge is 0.416 e. The average Bonchev–Trinajstić information content (AvgIpc) is 3.26. The highest BCUT2D eigenvalue weighted by molar-refractivity contribution is 6.31. The second kappa shape index (κ2) is 23.6. The molecule has 6 rings (SSSR count). The largest absolute Gasteiger partial charge is 0.489 e. The van der Waals surface area contributed by atoms with Crippen molar-refractivity contribution in [3.8, 4) is 16.9 Å². The number of pyridine rings is 1. The van der Waals surface area contributed by atoms with Gasteiger partial charge in [0.25, 0.3) is 0 Å². The number of esters is 2. The fraction of sp³-hybridized carbons (Fsp3) is 0.367. The minimum absolute atomic E-state index is 0.263. The monoisotopic (exact) mass is 842 g/mol. The van der Waals surface area contributed by atoms with E-state index in [0.717, 1.165) is 110 Å². The molecule has 11 heteroatoms. The second-order valence-corrected chi connectivity index (χ2v) is 15.1. The van der Waals surface area contributed by atoms with Gasteiger partial charge in [-0.15, -0.1) is 0 Å². The molecular weight excluding hydrogens is 789 g/mol. The van der Waals surface area contributed by atoms with Crippen LogP contribution in [0.3, 0.4) is 0 Å². The predicted molar refractivity (Wildman–Crippen MR) is 231 cm³/mol. The Morgan fingerprint density at radius 1 is 0.733 bits per heavy atom. The van der Waals surface area contributed by atoms with Crippen LogP contribution < -0.4 is 10.1 Å². The van der Waals surface area contributed by atoms with E-state index in [1.54, 1.807) is 12.1 Å². The van der Waals surface area contributed by atoms with Gasteiger partial charge in [-0.25, -0.2) is 14.6 Å². The Balaban J connectivity index is 0.000000333. The van der Waals surface area contributed by atoms with Crippen molar-refractivity contribution in [1.82, 2.24) is 10.3 Å². The number of carbonyl (C=O) groups excluding carboxylic acids is 2. The van der Waals surface area contributed by atoms with Crippen LogP contribution in [0.5, 0.6) is 5.75 Å². The molecule has 0 spiro atoms. The lowest BCUT2D eigenvalue weighted by molar-refractivity contribution is -0.137. The van der Waals surface area contributed by atoms with Crippen LogP contribution in [-0.4, -0.2) is 43.2 Å². The maximum absolute atomic E-state index is 12.9. The number of carbonyl (C=O) groups is 2. The highest BCUT2D eigenvalue weighted by atomic mass is 35.5. The Bertz CT molecular complexity index is 2120. The van der Waals surface area contributed by atoms with Crippen molar-refractivity contribution < 1.29 is 37.0 Å². The minimum Gasteiger partial charge on any atom is -0.489 e. The van der Waals surface area contributed by atoms with Gasteiger partial charge >= 0.3 is 18.1 Å². The number of aromatic nitrogens is 1. The highest BCUT2D eigenvalue weighted by Crippen LogP contribution is 2.32. The lowest BCUT2D eigenvalue weighted by Gasteiger charge is -2.14. The third-order valence-corrected chi connectivity index (χ3v) is 10.5. The number of ether oxygens (including phenoxy) is 3. The molecule has 60 heavy (non-hydrogen) atoms. The number of alkyl halides is 3. The molecule has 0 amide bonds. The van der Waals surface area contributed by atoms with Crippen LogP contribution in [0.2, 0.25) is 5.02 Å². The van der Waals surface area contributed by atoms with Crippen molar-refractivity contribution in [1.29, 1.82) is 0 Å². The summed E-state index contributed by atoms with van der Waals surface area (Å²) in [7, 11) is 0. The molecule has 0 saturated heterocycles. The van der Waals surface area contributed by atoms with Crippen molar-refractivity contribution in [2.24, 2.45) is 0 Å². The number of rotatable bonds is 18. The van der Waals surface area contributed by atoms with Gasteiger partial charge in [-0.2, -0.15) is 13.2 Å². The van der Waals surface area contributed by atoms with E-state index in [1.165, 1.54) is 30.5 Å². The number of halogens is 4. The van der Waals surface area contributed by atoms with E-state index in [9.17, 15) is 22.8 Å². The SMILES string of the molecule is CCCCOC(=O)c1ccc(CCNCCc2ccccc2OCc2ccc(-c3ccc(C(F)(F)F)cc3)cc2Cl)cc1.CCCCOC(=O)c1ccc2c(n1)CCCC2. The minimum atomic E-state index is -4.37. The van der Waals surface area contributed by atoms with Crippen LogP contribution in [0.15, 0.2) is 103 Å². The van der Waals surface area contributed by atoms with Gasteiger partial charge in [0.1, 0.15) is 18.1 Å². The lowest BCUT2D eigenvalue weighted by Crippen LogP contribution is -2.20. The molecule has 1 aliphatic rings. The summed E-state index contributed by atoms with van der Waals surface area (Å²) in [4.78, 5) is 28.2. The molecule has 0 atom stereocenters. The summed E-state index contributed by atoms with van der Waals surface area (Å²) in [5.74, 6) is 0.205. The normalized spacial score (nSPS) is 12.2. The zero-order chi connectivity index (χ0) is 42.7. The summed E-state index contributed by atoms with van der Waals surface area (Å²) in [6.45, 7) is 6.90. The topological polar surface area (TPSA) is 86.8 Å². The Morgan fingerprint density at radius 2 is 1.40 bits per heavy atom. The maximum atomic E-state index is 12.9. The molecule has 5 aromatic rings. The average molecular weight is 843 g/mol. The van der Waals surface area contributed by atoms with E-state index in [4.69, 9.17) is 25.8 Å².